The lowest BCUT2D eigenvalue weighted by atomic mass is 10.2. The van der Waals surface area contributed by atoms with Crippen molar-refractivity contribution in [2.45, 2.75) is 0 Å². The fourth-order valence-corrected chi connectivity index (χ4v) is 1.62. The Morgan fingerprint density at radius 2 is 1.94 bits per heavy atom. The van der Waals surface area contributed by atoms with Crippen LogP contribution in [0.2, 0.25) is 5.02 Å². The van der Waals surface area contributed by atoms with Gasteiger partial charge >= 0.3 is 0 Å². The minimum absolute atomic E-state index is 0.0205. The van der Waals surface area contributed by atoms with Crippen molar-refractivity contribution in [1.82, 2.24) is 0 Å². The van der Waals surface area contributed by atoms with Crippen LogP contribution in [0, 0.1) is 11.2 Å². The van der Waals surface area contributed by atoms with E-state index in [4.69, 9.17) is 27.5 Å². The van der Waals surface area contributed by atoms with Crippen LogP contribution in [0.3, 0.4) is 0 Å². The first-order valence-electron chi connectivity index (χ1n) is 5.14. The van der Waals surface area contributed by atoms with Crippen molar-refractivity contribution in [3.8, 4) is 11.5 Å². The van der Waals surface area contributed by atoms with Crippen LogP contribution < -0.4 is 10.5 Å². The molecule has 92 valence electrons. The SMILES string of the molecule is N=C(N)c1ccccc1Oc1ccc(F)c(Cl)c1. The third-order valence-electron chi connectivity index (χ3n) is 2.30. The molecule has 0 fully saturated rings. The Hall–Kier alpha value is -2.07. The third-order valence-corrected chi connectivity index (χ3v) is 2.59. The molecule has 2 rings (SSSR count). The lowest BCUT2D eigenvalue weighted by Gasteiger charge is -2.10. The molecule has 0 aliphatic rings. The Bertz CT molecular complexity index is 601. The Morgan fingerprint density at radius 3 is 2.61 bits per heavy atom. The summed E-state index contributed by atoms with van der Waals surface area (Å²) >= 11 is 5.66. The summed E-state index contributed by atoms with van der Waals surface area (Å²) in [5.74, 6) is 0.199. The molecule has 0 aliphatic heterocycles. The molecule has 18 heavy (non-hydrogen) atoms. The molecule has 0 unspecified atom stereocenters. The minimum atomic E-state index is -0.510. The molecule has 0 aromatic heterocycles. The number of halogens is 2. The number of rotatable bonds is 3. The fraction of sp³-hybridized carbons (Fsp3) is 0. The maximum Gasteiger partial charge on any atom is 0.142 e. The smallest absolute Gasteiger partial charge is 0.142 e. The number of amidine groups is 1. The molecule has 0 bridgehead atoms. The highest BCUT2D eigenvalue weighted by molar-refractivity contribution is 6.30. The summed E-state index contributed by atoms with van der Waals surface area (Å²) in [5.41, 5.74) is 5.91. The van der Waals surface area contributed by atoms with Crippen LogP contribution in [0.25, 0.3) is 0 Å². The van der Waals surface area contributed by atoms with E-state index in [0.717, 1.165) is 0 Å². The number of hydrogen-bond acceptors (Lipinski definition) is 2. The van der Waals surface area contributed by atoms with Crippen LogP contribution in [-0.2, 0) is 0 Å². The topological polar surface area (TPSA) is 59.1 Å². The summed E-state index contributed by atoms with van der Waals surface area (Å²) in [7, 11) is 0. The van der Waals surface area contributed by atoms with Gasteiger partial charge in [0.15, 0.2) is 0 Å². The highest BCUT2D eigenvalue weighted by Crippen LogP contribution is 2.28. The highest BCUT2D eigenvalue weighted by atomic mass is 35.5. The van der Waals surface area contributed by atoms with Gasteiger partial charge in [-0.2, -0.15) is 0 Å². The van der Waals surface area contributed by atoms with E-state index in [1.54, 1.807) is 24.3 Å². The van der Waals surface area contributed by atoms with Crippen molar-refractivity contribution < 1.29 is 9.13 Å². The molecule has 0 aliphatic carbocycles. The molecule has 2 aromatic rings. The van der Waals surface area contributed by atoms with Gasteiger partial charge in [-0.3, -0.25) is 5.41 Å². The summed E-state index contributed by atoms with van der Waals surface area (Å²) in [6.07, 6.45) is 0. The zero-order chi connectivity index (χ0) is 13.1. The lowest BCUT2D eigenvalue weighted by molar-refractivity contribution is 0.479. The highest BCUT2D eigenvalue weighted by Gasteiger charge is 2.08. The van der Waals surface area contributed by atoms with Gasteiger partial charge in [-0.05, 0) is 24.3 Å². The van der Waals surface area contributed by atoms with E-state index in [0.29, 0.717) is 17.1 Å². The van der Waals surface area contributed by atoms with Gasteiger partial charge in [0, 0.05) is 6.07 Å². The second-order valence-corrected chi connectivity index (χ2v) is 4.00. The van der Waals surface area contributed by atoms with Gasteiger partial charge in [-0.1, -0.05) is 23.7 Å². The van der Waals surface area contributed by atoms with Crippen LogP contribution >= 0.6 is 11.6 Å². The van der Waals surface area contributed by atoms with E-state index in [-0.39, 0.29) is 10.9 Å². The van der Waals surface area contributed by atoms with E-state index in [9.17, 15) is 4.39 Å². The lowest BCUT2D eigenvalue weighted by Crippen LogP contribution is -2.12. The molecule has 0 saturated carbocycles. The van der Waals surface area contributed by atoms with Gasteiger partial charge in [0.05, 0.1) is 10.6 Å². The van der Waals surface area contributed by atoms with Crippen molar-refractivity contribution in [2.24, 2.45) is 5.73 Å². The summed E-state index contributed by atoms with van der Waals surface area (Å²) in [5, 5.41) is 7.41. The molecule has 0 heterocycles. The second-order valence-electron chi connectivity index (χ2n) is 3.59. The number of nitrogens with two attached hydrogens (primary N) is 1. The molecule has 0 amide bonds. The Labute approximate surface area is 108 Å². The zero-order valence-electron chi connectivity index (χ0n) is 9.28. The van der Waals surface area contributed by atoms with Gasteiger partial charge in [0.25, 0.3) is 0 Å². The van der Waals surface area contributed by atoms with Crippen molar-refractivity contribution in [3.63, 3.8) is 0 Å². The van der Waals surface area contributed by atoms with E-state index in [2.05, 4.69) is 0 Å². The first-order valence-corrected chi connectivity index (χ1v) is 5.52. The number of hydrogen-bond donors (Lipinski definition) is 2. The zero-order valence-corrected chi connectivity index (χ0v) is 10.0. The van der Waals surface area contributed by atoms with E-state index in [1.807, 2.05) is 0 Å². The molecule has 5 heteroatoms. The van der Waals surface area contributed by atoms with Gasteiger partial charge in [-0.15, -0.1) is 0 Å². The Kier molecular flexibility index (Phi) is 3.48. The molecule has 0 spiro atoms. The number of para-hydroxylation sites is 1. The van der Waals surface area contributed by atoms with Crippen molar-refractivity contribution in [3.05, 3.63) is 58.9 Å². The Morgan fingerprint density at radius 1 is 1.22 bits per heavy atom. The van der Waals surface area contributed by atoms with Crippen LogP contribution in [0.5, 0.6) is 11.5 Å². The van der Waals surface area contributed by atoms with Gasteiger partial charge in [0.1, 0.15) is 23.2 Å². The summed E-state index contributed by atoms with van der Waals surface area (Å²) < 4.78 is 18.5. The molecule has 3 N–H and O–H groups in total. The van der Waals surface area contributed by atoms with E-state index in [1.165, 1.54) is 18.2 Å². The number of nitrogens with one attached hydrogen (secondary N) is 1. The van der Waals surface area contributed by atoms with Crippen molar-refractivity contribution >= 4 is 17.4 Å². The van der Waals surface area contributed by atoms with Crippen LogP contribution in [0.15, 0.2) is 42.5 Å². The van der Waals surface area contributed by atoms with Crippen molar-refractivity contribution in [2.75, 3.05) is 0 Å². The average Bonchev–Trinajstić information content (AvgIpc) is 2.34. The maximum atomic E-state index is 13.0. The Balaban J connectivity index is 2.34. The first kappa shape index (κ1) is 12.4. The van der Waals surface area contributed by atoms with Crippen LogP contribution in [0.1, 0.15) is 5.56 Å². The molecule has 3 nitrogen and oxygen atoms in total. The quantitative estimate of drug-likeness (QED) is 0.658. The maximum absolute atomic E-state index is 13.0. The number of nitrogen functional groups attached to an aromatic ring is 1. The molecule has 0 radical (unpaired) electrons. The minimum Gasteiger partial charge on any atom is -0.457 e. The predicted molar refractivity (Wildman–Crippen MR) is 68.9 cm³/mol. The largest absolute Gasteiger partial charge is 0.457 e. The molecular formula is C13H10ClFN2O. The second kappa shape index (κ2) is 5.06. The van der Waals surface area contributed by atoms with E-state index < -0.39 is 5.82 Å². The predicted octanol–water partition coefficient (Wildman–Crippen LogP) is 3.56. The summed E-state index contributed by atoms with van der Waals surface area (Å²) in [6.45, 7) is 0. The van der Waals surface area contributed by atoms with Gasteiger partial charge < -0.3 is 10.5 Å². The fourth-order valence-electron chi connectivity index (χ4n) is 1.45. The summed E-state index contributed by atoms with van der Waals surface area (Å²) in [4.78, 5) is 0. The first-order chi connectivity index (χ1) is 8.58. The van der Waals surface area contributed by atoms with Gasteiger partial charge in [-0.25, -0.2) is 4.39 Å². The number of benzene rings is 2. The molecule has 0 atom stereocenters. The van der Waals surface area contributed by atoms with Crippen molar-refractivity contribution in [1.29, 1.82) is 5.41 Å². The van der Waals surface area contributed by atoms with Crippen LogP contribution in [0.4, 0.5) is 4.39 Å². The molecular weight excluding hydrogens is 255 g/mol. The standard InChI is InChI=1S/C13H10ClFN2O/c14-10-7-8(5-6-11(10)15)18-12-4-2-1-3-9(12)13(16)17/h1-7H,(H3,16,17). The van der Waals surface area contributed by atoms with Crippen LogP contribution in [-0.4, -0.2) is 5.84 Å². The average molecular weight is 265 g/mol. The third kappa shape index (κ3) is 2.60. The van der Waals surface area contributed by atoms with E-state index >= 15 is 0 Å². The van der Waals surface area contributed by atoms with Gasteiger partial charge in [0.2, 0.25) is 0 Å². The normalized spacial score (nSPS) is 10.1. The summed E-state index contributed by atoms with van der Waals surface area (Å²) in [6, 6.07) is 10.9. The monoisotopic (exact) mass is 264 g/mol. The molecule has 0 saturated heterocycles. The molecule has 2 aromatic carbocycles. The number of ether oxygens (including phenoxy) is 1.